The van der Waals surface area contributed by atoms with Crippen LogP contribution in [0.1, 0.15) is 45.6 Å². The van der Waals surface area contributed by atoms with E-state index in [0.29, 0.717) is 22.2 Å². The molecule has 1 unspecified atom stereocenters. The van der Waals surface area contributed by atoms with Gasteiger partial charge in [-0.05, 0) is 48.2 Å². The summed E-state index contributed by atoms with van der Waals surface area (Å²) in [6.07, 6.45) is 0.692. The molecule has 21 heavy (non-hydrogen) atoms. The first-order valence-electron chi connectivity index (χ1n) is 7.28. The Balaban J connectivity index is 3.18. The molecule has 0 radical (unpaired) electrons. The molecule has 0 fully saturated rings. The molecule has 1 aromatic carbocycles. The highest BCUT2D eigenvalue weighted by atomic mass is 35.5. The molecular weight excluding hydrogens is 323 g/mol. The minimum atomic E-state index is -1.97. The smallest absolute Gasteiger partial charge is 0.250 e. The molecule has 1 N–H and O–H groups in total. The van der Waals surface area contributed by atoms with Crippen LogP contribution in [0.25, 0.3) is 0 Å². The number of rotatable bonds is 5. The second kappa shape index (κ2) is 6.91. The Kier molecular flexibility index (Phi) is 6.19. The van der Waals surface area contributed by atoms with Gasteiger partial charge in [0.15, 0.2) is 0 Å². The average molecular weight is 349 g/mol. The maximum atomic E-state index is 9.10. The second-order valence-corrected chi connectivity index (χ2v) is 12.6. The van der Waals surface area contributed by atoms with E-state index in [2.05, 4.69) is 40.8 Å². The number of halogens is 2. The number of hydrogen-bond acceptors (Lipinski definition) is 2. The van der Waals surface area contributed by atoms with Crippen LogP contribution in [0.4, 0.5) is 0 Å². The van der Waals surface area contributed by atoms with Gasteiger partial charge in [-0.15, -0.1) is 0 Å². The van der Waals surface area contributed by atoms with Crippen molar-refractivity contribution >= 4 is 31.5 Å². The van der Waals surface area contributed by atoms with Gasteiger partial charge >= 0.3 is 0 Å². The summed E-state index contributed by atoms with van der Waals surface area (Å²) >= 11 is 12.6. The highest BCUT2D eigenvalue weighted by Crippen LogP contribution is 2.42. The van der Waals surface area contributed by atoms with Crippen molar-refractivity contribution in [2.45, 2.75) is 58.2 Å². The van der Waals surface area contributed by atoms with Crippen LogP contribution in [-0.2, 0) is 0 Å². The van der Waals surface area contributed by atoms with Crippen LogP contribution < -0.4 is 4.43 Å². The van der Waals surface area contributed by atoms with E-state index in [9.17, 15) is 0 Å². The Morgan fingerprint density at radius 2 is 1.81 bits per heavy atom. The molecule has 1 atom stereocenters. The minimum Gasteiger partial charge on any atom is -0.542 e. The second-order valence-electron chi connectivity index (χ2n) is 7.09. The molecule has 0 amide bonds. The van der Waals surface area contributed by atoms with Gasteiger partial charge in [-0.3, -0.25) is 0 Å². The number of aliphatic hydroxyl groups excluding tert-OH is 1. The maximum absolute atomic E-state index is 9.10. The first kappa shape index (κ1) is 18.8. The largest absolute Gasteiger partial charge is 0.542 e. The van der Waals surface area contributed by atoms with Gasteiger partial charge in [0.2, 0.25) is 0 Å². The molecule has 0 saturated carbocycles. The number of hydrogen-bond donors (Lipinski definition) is 1. The molecule has 1 rings (SSSR count). The molecule has 5 heteroatoms. The van der Waals surface area contributed by atoms with Crippen molar-refractivity contribution < 1.29 is 9.53 Å². The van der Waals surface area contributed by atoms with Gasteiger partial charge in [0.1, 0.15) is 5.75 Å². The Hall–Kier alpha value is -0.223. The Morgan fingerprint density at radius 3 is 2.29 bits per heavy atom. The summed E-state index contributed by atoms with van der Waals surface area (Å²) in [7, 11) is -1.97. The topological polar surface area (TPSA) is 29.5 Å². The SMILES string of the molecule is CC(CCO)c1cc(Cl)c(Cl)c(O[Si](C)(C)C(C)(C)C)c1. The minimum absolute atomic E-state index is 0.0928. The fourth-order valence-corrected chi connectivity index (χ4v) is 3.18. The molecule has 0 aliphatic carbocycles. The van der Waals surface area contributed by atoms with Crippen molar-refractivity contribution in [3.8, 4) is 5.75 Å². The van der Waals surface area contributed by atoms with Gasteiger partial charge in [-0.2, -0.15) is 0 Å². The van der Waals surface area contributed by atoms with Crippen LogP contribution in [0.3, 0.4) is 0 Å². The van der Waals surface area contributed by atoms with E-state index in [1.165, 1.54) is 0 Å². The van der Waals surface area contributed by atoms with E-state index < -0.39 is 8.32 Å². The lowest BCUT2D eigenvalue weighted by Crippen LogP contribution is -2.44. The first-order valence-corrected chi connectivity index (χ1v) is 10.9. The van der Waals surface area contributed by atoms with Gasteiger partial charge in [-0.25, -0.2) is 0 Å². The molecule has 0 aliphatic heterocycles. The monoisotopic (exact) mass is 348 g/mol. The third kappa shape index (κ3) is 4.62. The molecule has 0 bridgehead atoms. The molecule has 0 saturated heterocycles. The summed E-state index contributed by atoms with van der Waals surface area (Å²) in [6, 6.07) is 3.83. The fourth-order valence-electron chi connectivity index (χ4n) is 1.73. The summed E-state index contributed by atoms with van der Waals surface area (Å²) in [6.45, 7) is 13.1. The van der Waals surface area contributed by atoms with Gasteiger partial charge in [0, 0.05) is 6.61 Å². The summed E-state index contributed by atoms with van der Waals surface area (Å²) in [4.78, 5) is 0. The van der Waals surface area contributed by atoms with Crippen LogP contribution in [0.2, 0.25) is 28.2 Å². The zero-order valence-corrected chi connectivity index (χ0v) is 16.3. The summed E-state index contributed by atoms with van der Waals surface area (Å²) in [5, 5.41) is 10.2. The molecule has 0 heterocycles. The standard InChI is InChI=1S/C16H26Cl2O2Si/c1-11(7-8-19)12-9-13(17)15(18)14(10-12)20-21(5,6)16(2,3)4/h9-11,19H,7-8H2,1-6H3. The molecule has 2 nitrogen and oxygen atoms in total. The predicted octanol–water partition coefficient (Wildman–Crippen LogP) is 5.86. The van der Waals surface area contributed by atoms with Crippen LogP contribution in [-0.4, -0.2) is 20.0 Å². The number of benzene rings is 1. The predicted molar refractivity (Wildman–Crippen MR) is 94.4 cm³/mol. The lowest BCUT2D eigenvalue weighted by Gasteiger charge is -2.37. The van der Waals surface area contributed by atoms with Crippen molar-refractivity contribution in [1.82, 2.24) is 0 Å². The summed E-state index contributed by atoms with van der Waals surface area (Å²) < 4.78 is 6.31. The molecule has 120 valence electrons. The van der Waals surface area contributed by atoms with Gasteiger partial charge in [-0.1, -0.05) is 50.9 Å². The summed E-state index contributed by atoms with van der Waals surface area (Å²) in [5.74, 6) is 0.877. The van der Waals surface area contributed by atoms with E-state index in [1.54, 1.807) is 0 Å². The van der Waals surface area contributed by atoms with E-state index >= 15 is 0 Å². The van der Waals surface area contributed by atoms with Crippen molar-refractivity contribution in [3.05, 3.63) is 27.7 Å². The average Bonchev–Trinajstić information content (AvgIpc) is 2.33. The Labute approximate surface area is 139 Å². The van der Waals surface area contributed by atoms with Crippen LogP contribution in [0, 0.1) is 0 Å². The van der Waals surface area contributed by atoms with Gasteiger partial charge < -0.3 is 9.53 Å². The van der Waals surface area contributed by atoms with E-state index in [1.807, 2.05) is 12.1 Å². The maximum Gasteiger partial charge on any atom is 0.250 e. The third-order valence-electron chi connectivity index (χ3n) is 4.32. The fraction of sp³-hybridized carbons (Fsp3) is 0.625. The molecular formula is C16H26Cl2O2Si. The van der Waals surface area contributed by atoms with Crippen LogP contribution >= 0.6 is 23.2 Å². The van der Waals surface area contributed by atoms with Crippen molar-refractivity contribution in [3.63, 3.8) is 0 Å². The highest BCUT2D eigenvalue weighted by molar-refractivity contribution is 6.74. The zero-order valence-electron chi connectivity index (χ0n) is 13.8. The highest BCUT2D eigenvalue weighted by Gasteiger charge is 2.39. The van der Waals surface area contributed by atoms with Crippen LogP contribution in [0.15, 0.2) is 12.1 Å². The van der Waals surface area contributed by atoms with Crippen molar-refractivity contribution in [1.29, 1.82) is 0 Å². The van der Waals surface area contributed by atoms with Crippen molar-refractivity contribution in [2.24, 2.45) is 0 Å². The van der Waals surface area contributed by atoms with E-state index in [4.69, 9.17) is 32.7 Å². The van der Waals surface area contributed by atoms with Gasteiger partial charge in [0.25, 0.3) is 8.32 Å². The lowest BCUT2D eigenvalue weighted by atomic mass is 9.98. The van der Waals surface area contributed by atoms with Gasteiger partial charge in [0.05, 0.1) is 10.0 Å². The zero-order chi connectivity index (χ0) is 16.4. The molecule has 1 aromatic rings. The Morgan fingerprint density at radius 1 is 1.24 bits per heavy atom. The third-order valence-corrected chi connectivity index (χ3v) is 9.45. The van der Waals surface area contributed by atoms with E-state index in [0.717, 1.165) is 5.56 Å². The number of aliphatic hydroxyl groups is 1. The van der Waals surface area contributed by atoms with Crippen LogP contribution in [0.5, 0.6) is 5.75 Å². The first-order chi connectivity index (χ1) is 9.49. The lowest BCUT2D eigenvalue weighted by molar-refractivity contribution is 0.278. The van der Waals surface area contributed by atoms with E-state index in [-0.39, 0.29) is 17.6 Å². The summed E-state index contributed by atoms with van der Waals surface area (Å²) in [5.41, 5.74) is 1.05. The molecule has 0 aromatic heterocycles. The normalized spacial score (nSPS) is 14.1. The molecule has 0 spiro atoms. The van der Waals surface area contributed by atoms with Crippen molar-refractivity contribution in [2.75, 3.05) is 6.61 Å². The quantitative estimate of drug-likeness (QED) is 0.674. The Bertz CT molecular complexity index is 496. The molecule has 0 aliphatic rings.